The molecule has 1 aromatic rings. The molecule has 1 aliphatic heterocycles. The summed E-state index contributed by atoms with van der Waals surface area (Å²) in [6.45, 7) is 3.26. The fourth-order valence-corrected chi connectivity index (χ4v) is 2.20. The molecule has 0 aliphatic carbocycles. The number of hydrogen-bond donors (Lipinski definition) is 1. The van der Waals surface area contributed by atoms with E-state index in [4.69, 9.17) is 11.6 Å². The average Bonchev–Trinajstić information content (AvgIpc) is 2.23. The van der Waals surface area contributed by atoms with E-state index in [-0.39, 0.29) is 10.8 Å². The Morgan fingerprint density at radius 1 is 1.40 bits per heavy atom. The monoisotopic (exact) mass is 227 g/mol. The molecule has 0 saturated carbocycles. The molecule has 15 heavy (non-hydrogen) atoms. The van der Waals surface area contributed by atoms with Gasteiger partial charge in [0, 0.05) is 6.04 Å². The molecule has 3 heteroatoms. The minimum absolute atomic E-state index is 0.216. The van der Waals surface area contributed by atoms with Gasteiger partial charge in [-0.25, -0.2) is 4.39 Å². The zero-order valence-corrected chi connectivity index (χ0v) is 9.52. The van der Waals surface area contributed by atoms with Crippen molar-refractivity contribution in [3.63, 3.8) is 0 Å². The van der Waals surface area contributed by atoms with Crippen LogP contribution in [0.15, 0.2) is 18.2 Å². The maximum Gasteiger partial charge on any atom is 0.141 e. The number of benzene rings is 1. The van der Waals surface area contributed by atoms with Gasteiger partial charge in [-0.05, 0) is 43.0 Å². The van der Waals surface area contributed by atoms with Crippen molar-refractivity contribution in [1.29, 1.82) is 0 Å². The molecule has 1 aromatic carbocycles. The Kier molecular flexibility index (Phi) is 3.27. The first-order valence-electron chi connectivity index (χ1n) is 5.35. The Labute approximate surface area is 94.6 Å². The van der Waals surface area contributed by atoms with Gasteiger partial charge in [-0.2, -0.15) is 0 Å². The highest BCUT2D eigenvalue weighted by Gasteiger charge is 2.19. The molecular weight excluding hydrogens is 213 g/mol. The zero-order chi connectivity index (χ0) is 10.8. The molecule has 1 aliphatic rings. The molecule has 1 heterocycles. The van der Waals surface area contributed by atoms with Gasteiger partial charge in [-0.1, -0.05) is 24.6 Å². The first kappa shape index (κ1) is 10.9. The third kappa shape index (κ3) is 2.50. The number of hydrogen-bond acceptors (Lipinski definition) is 1. The molecule has 2 rings (SSSR count). The molecule has 0 amide bonds. The third-order valence-corrected chi connectivity index (χ3v) is 3.30. The molecule has 0 radical (unpaired) electrons. The van der Waals surface area contributed by atoms with E-state index < -0.39 is 0 Å². The van der Waals surface area contributed by atoms with Crippen molar-refractivity contribution in [3.05, 3.63) is 34.6 Å². The van der Waals surface area contributed by atoms with Crippen molar-refractivity contribution < 1.29 is 4.39 Å². The van der Waals surface area contributed by atoms with Crippen LogP contribution in [0.3, 0.4) is 0 Å². The SMILES string of the molecule is C[C@@H]1CC[C@@H](c2ccc(F)c(Cl)c2)NC1. The van der Waals surface area contributed by atoms with E-state index in [1.807, 2.05) is 6.07 Å². The summed E-state index contributed by atoms with van der Waals surface area (Å²) in [7, 11) is 0. The molecule has 0 spiro atoms. The van der Waals surface area contributed by atoms with E-state index in [9.17, 15) is 4.39 Å². The summed E-state index contributed by atoms with van der Waals surface area (Å²) in [5, 5.41) is 3.67. The second-order valence-corrected chi connectivity index (χ2v) is 4.72. The Balaban J connectivity index is 2.12. The molecule has 2 atom stereocenters. The Morgan fingerprint density at radius 3 is 2.80 bits per heavy atom. The molecule has 1 fully saturated rings. The molecule has 0 aromatic heterocycles. The van der Waals surface area contributed by atoms with E-state index in [1.165, 1.54) is 12.5 Å². The summed E-state index contributed by atoms with van der Waals surface area (Å²) >= 11 is 5.76. The maximum atomic E-state index is 13.0. The molecule has 1 nitrogen and oxygen atoms in total. The molecule has 0 unspecified atom stereocenters. The highest BCUT2D eigenvalue weighted by molar-refractivity contribution is 6.30. The molecule has 0 bridgehead atoms. The van der Waals surface area contributed by atoms with E-state index in [0.717, 1.165) is 24.4 Å². The molecule has 82 valence electrons. The van der Waals surface area contributed by atoms with Crippen LogP contribution < -0.4 is 5.32 Å². The van der Waals surface area contributed by atoms with Crippen LogP contribution in [0.5, 0.6) is 0 Å². The first-order chi connectivity index (χ1) is 7.16. The summed E-state index contributed by atoms with van der Waals surface area (Å²) in [4.78, 5) is 0. The highest BCUT2D eigenvalue weighted by atomic mass is 35.5. The van der Waals surface area contributed by atoms with Crippen LogP contribution in [0.4, 0.5) is 4.39 Å². The summed E-state index contributed by atoms with van der Waals surface area (Å²) < 4.78 is 13.0. The van der Waals surface area contributed by atoms with E-state index in [0.29, 0.717) is 6.04 Å². The van der Waals surface area contributed by atoms with Gasteiger partial charge in [0.25, 0.3) is 0 Å². The molecule has 1 saturated heterocycles. The van der Waals surface area contributed by atoms with Gasteiger partial charge in [0.2, 0.25) is 0 Å². The lowest BCUT2D eigenvalue weighted by atomic mass is 9.92. The second kappa shape index (κ2) is 4.50. The van der Waals surface area contributed by atoms with Crippen molar-refractivity contribution in [2.45, 2.75) is 25.8 Å². The van der Waals surface area contributed by atoms with Gasteiger partial charge < -0.3 is 5.32 Å². The fraction of sp³-hybridized carbons (Fsp3) is 0.500. The van der Waals surface area contributed by atoms with Crippen molar-refractivity contribution in [3.8, 4) is 0 Å². The Hall–Kier alpha value is -0.600. The normalized spacial score (nSPS) is 26.6. The van der Waals surface area contributed by atoms with Crippen LogP contribution in [-0.2, 0) is 0 Å². The van der Waals surface area contributed by atoms with Crippen molar-refractivity contribution in [1.82, 2.24) is 5.32 Å². The second-order valence-electron chi connectivity index (χ2n) is 4.32. The molecular formula is C12H15ClFN. The number of nitrogens with one attached hydrogen (secondary N) is 1. The standard InChI is InChI=1S/C12H15ClFN/c1-8-2-5-12(15-7-8)9-3-4-11(14)10(13)6-9/h3-4,6,8,12,15H,2,5,7H2,1H3/t8-,12+/m1/s1. The van der Waals surface area contributed by atoms with Crippen molar-refractivity contribution in [2.24, 2.45) is 5.92 Å². The largest absolute Gasteiger partial charge is 0.310 e. The predicted octanol–water partition coefficient (Wildman–Crippen LogP) is 3.54. The van der Waals surface area contributed by atoms with Gasteiger partial charge in [0.1, 0.15) is 5.82 Å². The maximum absolute atomic E-state index is 13.0. The lowest BCUT2D eigenvalue weighted by molar-refractivity contribution is 0.333. The highest BCUT2D eigenvalue weighted by Crippen LogP contribution is 2.27. The summed E-state index contributed by atoms with van der Waals surface area (Å²) in [5.74, 6) is 0.391. The smallest absolute Gasteiger partial charge is 0.141 e. The van der Waals surface area contributed by atoms with Gasteiger partial charge in [-0.3, -0.25) is 0 Å². The van der Waals surface area contributed by atoms with E-state index in [1.54, 1.807) is 6.07 Å². The van der Waals surface area contributed by atoms with Crippen LogP contribution in [0, 0.1) is 11.7 Å². The number of piperidine rings is 1. The van der Waals surface area contributed by atoms with Crippen LogP contribution in [0.25, 0.3) is 0 Å². The number of halogens is 2. The topological polar surface area (TPSA) is 12.0 Å². The van der Waals surface area contributed by atoms with E-state index in [2.05, 4.69) is 12.2 Å². The lowest BCUT2D eigenvalue weighted by Gasteiger charge is -2.28. The average molecular weight is 228 g/mol. The van der Waals surface area contributed by atoms with Crippen LogP contribution >= 0.6 is 11.6 Å². The zero-order valence-electron chi connectivity index (χ0n) is 8.76. The van der Waals surface area contributed by atoms with Crippen molar-refractivity contribution >= 4 is 11.6 Å². The minimum Gasteiger partial charge on any atom is -0.310 e. The quantitative estimate of drug-likeness (QED) is 0.774. The van der Waals surface area contributed by atoms with E-state index >= 15 is 0 Å². The fourth-order valence-electron chi connectivity index (χ4n) is 2.01. The summed E-state index contributed by atoms with van der Waals surface area (Å²) in [6, 6.07) is 5.32. The van der Waals surface area contributed by atoms with Gasteiger partial charge in [0.15, 0.2) is 0 Å². The van der Waals surface area contributed by atoms with Gasteiger partial charge in [-0.15, -0.1) is 0 Å². The lowest BCUT2D eigenvalue weighted by Crippen LogP contribution is -2.31. The summed E-state index contributed by atoms with van der Waals surface area (Å²) in [5.41, 5.74) is 1.09. The van der Waals surface area contributed by atoms with Crippen molar-refractivity contribution in [2.75, 3.05) is 6.54 Å². The first-order valence-corrected chi connectivity index (χ1v) is 5.73. The van der Waals surface area contributed by atoms with Crippen LogP contribution in [0.2, 0.25) is 5.02 Å². The Morgan fingerprint density at radius 2 is 2.20 bits per heavy atom. The van der Waals surface area contributed by atoms with Crippen LogP contribution in [0.1, 0.15) is 31.4 Å². The van der Waals surface area contributed by atoms with Gasteiger partial charge >= 0.3 is 0 Å². The molecule has 1 N–H and O–H groups in total. The third-order valence-electron chi connectivity index (χ3n) is 3.01. The number of rotatable bonds is 1. The van der Waals surface area contributed by atoms with Gasteiger partial charge in [0.05, 0.1) is 5.02 Å². The summed E-state index contributed by atoms with van der Waals surface area (Å²) in [6.07, 6.45) is 2.32. The van der Waals surface area contributed by atoms with Crippen LogP contribution in [-0.4, -0.2) is 6.54 Å². The predicted molar refractivity (Wildman–Crippen MR) is 60.6 cm³/mol. The minimum atomic E-state index is -0.343. The Bertz CT molecular complexity index is 345.